The van der Waals surface area contributed by atoms with Gasteiger partial charge in [-0.2, -0.15) is 25.5 Å². The molecule has 3 atom stereocenters. The highest BCUT2D eigenvalue weighted by molar-refractivity contribution is 6.15. The number of hydrogen-bond acceptors (Lipinski definition) is 19. The van der Waals surface area contributed by atoms with Crippen LogP contribution in [0.4, 0.5) is 0 Å². The second-order valence-electron chi connectivity index (χ2n) is 33.0. The average molecular weight is 1840 g/mol. The molecule has 16 rings (SSSR count). The highest BCUT2D eigenvalue weighted by Gasteiger charge is 2.35. The summed E-state index contributed by atoms with van der Waals surface area (Å²) >= 11 is 0. The van der Waals surface area contributed by atoms with Gasteiger partial charge in [-0.25, -0.2) is 15.0 Å². The predicted octanol–water partition coefficient (Wildman–Crippen LogP) is 25.4. The van der Waals surface area contributed by atoms with Crippen molar-refractivity contribution in [3.63, 3.8) is 0 Å². The Kier molecular flexibility index (Phi) is 46.9. The lowest BCUT2D eigenvalue weighted by Gasteiger charge is -2.29. The monoisotopic (exact) mass is 1840 g/mol. The number of nitrogens with one attached hydrogen (secondary N) is 6. The van der Waals surface area contributed by atoms with E-state index < -0.39 is 0 Å². The van der Waals surface area contributed by atoms with E-state index in [-0.39, 0.29) is 18.4 Å². The van der Waals surface area contributed by atoms with Crippen molar-refractivity contribution in [2.75, 3.05) is 32.7 Å². The summed E-state index contributed by atoms with van der Waals surface area (Å²) in [5, 5.41) is 34.0. The van der Waals surface area contributed by atoms with Gasteiger partial charge in [0.1, 0.15) is 0 Å². The number of aromatic amines is 1. The number of allylic oxidation sites excluding steroid dienone is 21. The van der Waals surface area contributed by atoms with Crippen LogP contribution in [0.1, 0.15) is 246 Å². The van der Waals surface area contributed by atoms with Gasteiger partial charge in [-0.1, -0.05) is 224 Å². The smallest absolute Gasteiger partial charge is 0.0923 e. The molecular formula is C115H139ClN20. The number of halogens is 1. The molecule has 0 radical (unpaired) electrons. The first-order valence-corrected chi connectivity index (χ1v) is 48.2. The van der Waals surface area contributed by atoms with Crippen molar-refractivity contribution in [2.24, 2.45) is 56.3 Å². The number of pyridine rings is 3. The van der Waals surface area contributed by atoms with E-state index in [0.29, 0.717) is 38.0 Å². The quantitative estimate of drug-likeness (QED) is 0.0124. The third-order valence-corrected chi connectivity index (χ3v) is 22.8. The molecule has 0 fully saturated rings. The first-order chi connectivity index (χ1) is 66.5. The zero-order valence-corrected chi connectivity index (χ0v) is 81.9. The van der Waals surface area contributed by atoms with Crippen LogP contribution >= 0.6 is 12.4 Å². The lowest BCUT2D eigenvalue weighted by atomic mass is 9.78. The summed E-state index contributed by atoms with van der Waals surface area (Å²) in [4.78, 5) is 42.0. The number of rotatable bonds is 27. The van der Waals surface area contributed by atoms with E-state index in [9.17, 15) is 0 Å². The van der Waals surface area contributed by atoms with Gasteiger partial charge in [0.2, 0.25) is 0 Å². The van der Waals surface area contributed by atoms with E-state index >= 15 is 0 Å². The third kappa shape index (κ3) is 31.3. The fraction of sp³-hybridized carbons (Fsp3) is 0.313. The maximum atomic E-state index is 7.57. The Morgan fingerprint density at radius 1 is 0.669 bits per heavy atom. The average Bonchev–Trinajstić information content (AvgIpc) is 1.34. The second kappa shape index (κ2) is 60.3. The molecular weight excluding hydrogens is 1700 g/mol. The van der Waals surface area contributed by atoms with Crippen molar-refractivity contribution >= 4 is 125 Å². The molecule has 5 aliphatic carbocycles. The Balaban J connectivity index is 0.000000188. The molecule has 7 aromatic rings. The van der Waals surface area contributed by atoms with Gasteiger partial charge in [0.15, 0.2) is 0 Å². The molecule has 706 valence electrons. The largest absolute Gasteiger partial charge is 0.308 e. The van der Waals surface area contributed by atoms with Crippen LogP contribution in [0.5, 0.6) is 0 Å². The number of benzene rings is 3. The summed E-state index contributed by atoms with van der Waals surface area (Å²) in [7, 11) is 0. The van der Waals surface area contributed by atoms with Gasteiger partial charge in [-0.05, 0) is 233 Å². The van der Waals surface area contributed by atoms with Gasteiger partial charge >= 0.3 is 0 Å². The van der Waals surface area contributed by atoms with Crippen LogP contribution in [0.25, 0.3) is 45.6 Å². The summed E-state index contributed by atoms with van der Waals surface area (Å²) in [6.45, 7) is 34.9. The summed E-state index contributed by atoms with van der Waals surface area (Å²) in [6.07, 6.45) is 99.2. The molecule has 20 nitrogen and oxygen atoms in total. The standard InChI is InChI=1S/C23H22N4.C23H24N4.C23H28N4.2C20H24N4.2C3H8.ClH/c1-24-13-12-15-6-8-16(9-7-15)23-18-5-3-2-4-17(18)22-19-14-25-27-20(19)10-11-21(22)26-23;1-2-4-8-14-24-21(11-5-3-1)23-17-10-7-6-9-16(17)22-18-15-25-27-19(18)12-13-20(22)26-23;1-4-9-18(5-2)23(20-12-13-21(17-24)19(6-3)16-20)27-22-10-7-14-25-26-15-8-11-22;1-3-9-20(22-13-7-8-14-24-23-12-4-2)19-16-21-15-17-10-5-6-11-18(17)19;1-3-8-20(22-13-5-6-14-24-23-12-4-2)18-10-7-9-17-11-15-21-16-19(17)18;2*1-3-2;/h6,8-15H,1-5,7H2,(H,25,27);1-2,4-5,8,11-13,15,18-19,27H,3,6-7,9-10,14H2;5-7,10-13,15-17,24-25H,3-4,8-9,14H2,1-2H3;3-4,6-7,9,11,13-16,23H,2,5,8,10,12H2,1H3;3-5,7-10,13-14,16,23H,2,6,11-12,15H2,1H3;2*3H2,1-2H3;1H/b13-12-;2-1-,8-4-,11-5?,24-21?;10-7?,18-5+,22-11+,24-17?,26-15-,27-23-;9-3+,13-7+,22-20-,24-14-;8-3+,13-5+,22-20-,24-14-;;;. The van der Waals surface area contributed by atoms with Crippen LogP contribution in [0.2, 0.25) is 0 Å². The minimum atomic E-state index is 0. The van der Waals surface area contributed by atoms with E-state index in [0.717, 1.165) is 175 Å². The Hall–Kier alpha value is -14.0. The molecule has 9 aliphatic rings. The van der Waals surface area contributed by atoms with Crippen molar-refractivity contribution in [1.29, 1.82) is 5.41 Å². The van der Waals surface area contributed by atoms with Gasteiger partial charge in [-0.15, -0.1) is 25.6 Å². The fourth-order valence-electron chi connectivity index (χ4n) is 16.6. The number of H-pyrrole nitrogens is 1. The molecule has 0 saturated carbocycles. The highest BCUT2D eigenvalue weighted by atomic mass is 35.5. The van der Waals surface area contributed by atoms with Crippen LogP contribution in [-0.4, -0.2) is 131 Å². The molecule has 0 bridgehead atoms. The molecule has 21 heteroatoms. The molecule has 0 amide bonds. The maximum Gasteiger partial charge on any atom is 0.0923 e. The minimum Gasteiger partial charge on any atom is -0.308 e. The number of aliphatic imine (C=N–C) groups is 6. The Morgan fingerprint density at radius 3 is 2.11 bits per heavy atom. The molecule has 8 heterocycles. The minimum absolute atomic E-state index is 0. The first-order valence-electron chi connectivity index (χ1n) is 48.2. The van der Waals surface area contributed by atoms with E-state index in [1.54, 1.807) is 30.6 Å². The molecule has 3 unspecified atom stereocenters. The van der Waals surface area contributed by atoms with Crippen LogP contribution in [-0.2, 0) is 38.5 Å². The maximum absolute atomic E-state index is 7.57. The Labute approximate surface area is 814 Å². The molecule has 136 heavy (non-hydrogen) atoms. The van der Waals surface area contributed by atoms with Gasteiger partial charge in [0.05, 0.1) is 95.1 Å². The number of hydrazone groups is 4. The summed E-state index contributed by atoms with van der Waals surface area (Å²) in [5.41, 5.74) is 42.0. The van der Waals surface area contributed by atoms with E-state index in [2.05, 4.69) is 285 Å². The number of aryl methyl sites for hydroxylation is 2. The van der Waals surface area contributed by atoms with Crippen LogP contribution in [0.15, 0.2) is 313 Å². The number of nitrogens with zero attached hydrogens (tertiary/aromatic N) is 14. The van der Waals surface area contributed by atoms with Crippen molar-refractivity contribution in [3.05, 3.63) is 358 Å². The van der Waals surface area contributed by atoms with Crippen LogP contribution in [0, 0.1) is 11.3 Å². The van der Waals surface area contributed by atoms with E-state index in [1.807, 2.05) is 124 Å². The molecule has 3 aromatic carbocycles. The van der Waals surface area contributed by atoms with Crippen LogP contribution in [0.3, 0.4) is 0 Å². The zero-order chi connectivity index (χ0) is 95.2. The lowest BCUT2D eigenvalue weighted by molar-refractivity contribution is 0.617. The van der Waals surface area contributed by atoms with Crippen molar-refractivity contribution < 1.29 is 0 Å². The van der Waals surface area contributed by atoms with Gasteiger partial charge < -0.3 is 27.1 Å². The topological polar surface area (TPSA) is 263 Å². The van der Waals surface area contributed by atoms with E-state index in [4.69, 9.17) is 25.4 Å². The zero-order valence-electron chi connectivity index (χ0n) is 81.0. The lowest BCUT2D eigenvalue weighted by Crippen LogP contribution is -2.29. The van der Waals surface area contributed by atoms with Crippen LogP contribution < -0.4 is 21.7 Å². The SMILES string of the molecule is C1=CC(c2nc3c(c4c2CCCC4)C2C=NNC2C=C3)=NC/C=C\C=C/C1.C=CCN/N=C\C/C=C/N=C(/C=C/C)c1cccc2c1C=NCC2.C=CCN/N=C\C/C=C/N=C(/C=C/C)c1cncc2c1C=CCC2.C=Cc1cc(C(=N\C2=C\C/C=N\NCC=C2)/C(=C/C)CCC)ccc1C=N.C=N/C=C\C1C=CC(c2nc3ccc4[nH]ncc4c3c3c2CCCC3)=CC1.CCC.CCC.Cl. The Morgan fingerprint density at radius 2 is 1.40 bits per heavy atom. The van der Waals surface area contributed by atoms with Gasteiger partial charge in [0.25, 0.3) is 0 Å². The molecule has 0 saturated heterocycles. The number of aromatic nitrogens is 5. The Bertz CT molecular complexity index is 5850. The van der Waals surface area contributed by atoms with Gasteiger partial charge in [0, 0.05) is 139 Å². The summed E-state index contributed by atoms with van der Waals surface area (Å²) in [6, 6.07) is 16.9. The predicted molar refractivity (Wildman–Crippen MR) is 588 cm³/mol. The third-order valence-electron chi connectivity index (χ3n) is 22.8. The first kappa shape index (κ1) is 106. The fourth-order valence-corrected chi connectivity index (χ4v) is 16.6. The molecule has 4 aromatic heterocycles. The van der Waals surface area contributed by atoms with Gasteiger partial charge in [-0.3, -0.25) is 35.0 Å². The summed E-state index contributed by atoms with van der Waals surface area (Å²) in [5.74, 6) is 0.703. The second-order valence-corrected chi connectivity index (χ2v) is 33.0. The summed E-state index contributed by atoms with van der Waals surface area (Å²) < 4.78 is 0. The number of fused-ring (bicyclic) bond motifs is 12. The molecule has 6 N–H and O–H groups in total. The number of hydrogen-bond donors (Lipinski definition) is 6. The van der Waals surface area contributed by atoms with Crippen molar-refractivity contribution in [2.45, 2.75) is 196 Å². The van der Waals surface area contributed by atoms with E-state index in [1.165, 1.54) is 122 Å². The highest BCUT2D eigenvalue weighted by Crippen LogP contribution is 2.41. The van der Waals surface area contributed by atoms with Crippen molar-refractivity contribution in [1.82, 2.24) is 46.9 Å². The van der Waals surface area contributed by atoms with Crippen molar-refractivity contribution in [3.8, 4) is 0 Å². The molecule has 4 aliphatic heterocycles. The normalized spacial score (nSPS) is 18.5. The molecule has 0 spiro atoms.